The van der Waals surface area contributed by atoms with Gasteiger partial charge in [-0.15, -0.1) is 0 Å². The predicted octanol–water partition coefficient (Wildman–Crippen LogP) is 3.18. The Morgan fingerprint density at radius 1 is 1.41 bits per heavy atom. The van der Waals surface area contributed by atoms with Crippen molar-refractivity contribution < 1.29 is 22.8 Å². The number of rotatable bonds is 4. The van der Waals surface area contributed by atoms with Crippen molar-refractivity contribution in [3.8, 4) is 5.75 Å². The fourth-order valence-corrected chi connectivity index (χ4v) is 1.09. The smallest absolute Gasteiger partial charge is 0.416 e. The molecule has 17 heavy (non-hydrogen) atoms. The normalized spacial score (nSPS) is 11.0. The SMILES string of the molecule is C=CCOc1cc([N+](=O)[O-])cc(C(F)(F)F)c1. The number of benzene rings is 1. The van der Waals surface area contributed by atoms with E-state index < -0.39 is 22.4 Å². The lowest BCUT2D eigenvalue weighted by Gasteiger charge is -2.09. The third-order valence-corrected chi connectivity index (χ3v) is 1.80. The summed E-state index contributed by atoms with van der Waals surface area (Å²) in [7, 11) is 0. The second kappa shape index (κ2) is 4.86. The van der Waals surface area contributed by atoms with E-state index in [1.165, 1.54) is 6.08 Å². The number of nitro benzene ring substituents is 1. The van der Waals surface area contributed by atoms with Gasteiger partial charge >= 0.3 is 6.18 Å². The minimum Gasteiger partial charge on any atom is -0.489 e. The van der Waals surface area contributed by atoms with E-state index in [1.807, 2.05) is 0 Å². The first-order chi connectivity index (χ1) is 7.84. The zero-order chi connectivity index (χ0) is 13.1. The van der Waals surface area contributed by atoms with Crippen molar-refractivity contribution in [3.05, 3.63) is 46.5 Å². The molecule has 7 heteroatoms. The molecular weight excluding hydrogens is 239 g/mol. The number of alkyl halides is 3. The minimum absolute atomic E-state index is 0.0293. The van der Waals surface area contributed by atoms with Gasteiger partial charge in [0.05, 0.1) is 16.6 Å². The van der Waals surface area contributed by atoms with Gasteiger partial charge in [0.25, 0.3) is 5.69 Å². The number of nitro groups is 1. The number of non-ortho nitro benzene ring substituents is 1. The summed E-state index contributed by atoms with van der Waals surface area (Å²) in [6.07, 6.45) is -3.33. The summed E-state index contributed by atoms with van der Waals surface area (Å²) in [5.74, 6) is -0.216. The van der Waals surface area contributed by atoms with Crippen LogP contribution in [0.1, 0.15) is 5.56 Å². The van der Waals surface area contributed by atoms with Crippen molar-refractivity contribution >= 4 is 5.69 Å². The largest absolute Gasteiger partial charge is 0.489 e. The van der Waals surface area contributed by atoms with Crippen LogP contribution in [0.25, 0.3) is 0 Å². The van der Waals surface area contributed by atoms with Crippen LogP contribution in [0.5, 0.6) is 5.75 Å². The average Bonchev–Trinajstić information content (AvgIpc) is 2.24. The van der Waals surface area contributed by atoms with E-state index in [1.54, 1.807) is 0 Å². The number of ether oxygens (including phenoxy) is 1. The zero-order valence-corrected chi connectivity index (χ0v) is 8.53. The van der Waals surface area contributed by atoms with Crippen LogP contribution in [0.2, 0.25) is 0 Å². The highest BCUT2D eigenvalue weighted by molar-refractivity contribution is 5.43. The summed E-state index contributed by atoms with van der Waals surface area (Å²) in [6.45, 7) is 3.29. The molecule has 0 aliphatic rings. The highest BCUT2D eigenvalue weighted by Gasteiger charge is 2.33. The van der Waals surface area contributed by atoms with Crippen molar-refractivity contribution in [2.45, 2.75) is 6.18 Å². The molecule has 0 bridgehead atoms. The first kappa shape index (κ1) is 13.0. The van der Waals surface area contributed by atoms with E-state index in [-0.39, 0.29) is 12.4 Å². The van der Waals surface area contributed by atoms with Crippen LogP contribution in [0.15, 0.2) is 30.9 Å². The summed E-state index contributed by atoms with van der Waals surface area (Å²) >= 11 is 0. The molecule has 0 aliphatic heterocycles. The van der Waals surface area contributed by atoms with Gasteiger partial charge < -0.3 is 4.74 Å². The Bertz CT molecular complexity index is 443. The van der Waals surface area contributed by atoms with Gasteiger partial charge in [-0.2, -0.15) is 13.2 Å². The summed E-state index contributed by atoms with van der Waals surface area (Å²) in [5, 5.41) is 10.5. The lowest BCUT2D eigenvalue weighted by Crippen LogP contribution is -2.06. The van der Waals surface area contributed by atoms with Crippen molar-refractivity contribution in [2.24, 2.45) is 0 Å². The molecule has 1 rings (SSSR count). The molecule has 0 N–H and O–H groups in total. The molecule has 0 saturated carbocycles. The van der Waals surface area contributed by atoms with Crippen LogP contribution in [-0.4, -0.2) is 11.5 Å². The molecule has 92 valence electrons. The van der Waals surface area contributed by atoms with Gasteiger partial charge in [0.15, 0.2) is 0 Å². The van der Waals surface area contributed by atoms with Crippen molar-refractivity contribution in [1.82, 2.24) is 0 Å². The second-order valence-corrected chi connectivity index (χ2v) is 3.07. The molecule has 0 aromatic heterocycles. The van der Waals surface area contributed by atoms with Crippen LogP contribution < -0.4 is 4.74 Å². The van der Waals surface area contributed by atoms with E-state index in [4.69, 9.17) is 4.74 Å². The molecule has 0 radical (unpaired) electrons. The van der Waals surface area contributed by atoms with Crippen LogP contribution in [-0.2, 0) is 6.18 Å². The van der Waals surface area contributed by atoms with Gasteiger partial charge in [-0.25, -0.2) is 0 Å². The fourth-order valence-electron chi connectivity index (χ4n) is 1.09. The Morgan fingerprint density at radius 3 is 2.53 bits per heavy atom. The average molecular weight is 247 g/mol. The van der Waals surface area contributed by atoms with Gasteiger partial charge in [0.1, 0.15) is 12.4 Å². The quantitative estimate of drug-likeness (QED) is 0.466. The molecule has 0 fully saturated rings. The maximum absolute atomic E-state index is 12.4. The zero-order valence-electron chi connectivity index (χ0n) is 8.53. The Morgan fingerprint density at radius 2 is 2.06 bits per heavy atom. The Balaban J connectivity index is 3.18. The molecule has 4 nitrogen and oxygen atoms in total. The van der Waals surface area contributed by atoms with Crippen LogP contribution in [0.4, 0.5) is 18.9 Å². The standard InChI is InChI=1S/C10H8F3NO3/c1-2-3-17-9-5-7(10(11,12)13)4-8(6-9)14(15)16/h2,4-6H,1,3H2. The Labute approximate surface area is 94.5 Å². The molecule has 0 atom stereocenters. The second-order valence-electron chi connectivity index (χ2n) is 3.07. The third-order valence-electron chi connectivity index (χ3n) is 1.80. The summed E-state index contributed by atoms with van der Waals surface area (Å²) in [5.41, 5.74) is -1.79. The van der Waals surface area contributed by atoms with Gasteiger partial charge in [-0.3, -0.25) is 10.1 Å². The number of hydrogen-bond acceptors (Lipinski definition) is 3. The molecule has 1 aromatic rings. The molecule has 1 aromatic carbocycles. The maximum atomic E-state index is 12.4. The van der Waals surface area contributed by atoms with E-state index in [2.05, 4.69) is 6.58 Å². The molecule has 0 amide bonds. The summed E-state index contributed by atoms with van der Waals surface area (Å²) in [4.78, 5) is 9.56. The van der Waals surface area contributed by atoms with Gasteiger partial charge in [0.2, 0.25) is 0 Å². The first-order valence-electron chi connectivity index (χ1n) is 4.45. The van der Waals surface area contributed by atoms with Crippen molar-refractivity contribution in [1.29, 1.82) is 0 Å². The van der Waals surface area contributed by atoms with E-state index in [0.29, 0.717) is 12.1 Å². The Hall–Kier alpha value is -2.05. The van der Waals surface area contributed by atoms with E-state index >= 15 is 0 Å². The topological polar surface area (TPSA) is 52.4 Å². The summed E-state index contributed by atoms with van der Waals surface area (Å²) in [6, 6.07) is 2.09. The van der Waals surface area contributed by atoms with Gasteiger partial charge in [0, 0.05) is 6.07 Å². The minimum atomic E-state index is -4.65. The molecule has 0 saturated heterocycles. The molecule has 0 spiro atoms. The lowest BCUT2D eigenvalue weighted by molar-refractivity contribution is -0.385. The molecule has 0 unspecified atom stereocenters. The highest BCUT2D eigenvalue weighted by atomic mass is 19.4. The number of hydrogen-bond donors (Lipinski definition) is 0. The van der Waals surface area contributed by atoms with Crippen LogP contribution in [0, 0.1) is 10.1 Å². The Kier molecular flexibility index (Phi) is 3.72. The first-order valence-corrected chi connectivity index (χ1v) is 4.45. The highest BCUT2D eigenvalue weighted by Crippen LogP contribution is 2.34. The van der Waals surface area contributed by atoms with Crippen molar-refractivity contribution in [3.63, 3.8) is 0 Å². The van der Waals surface area contributed by atoms with Crippen molar-refractivity contribution in [2.75, 3.05) is 6.61 Å². The number of halogens is 3. The third kappa shape index (κ3) is 3.47. The molecule has 0 heterocycles. The van der Waals surface area contributed by atoms with Crippen LogP contribution in [0.3, 0.4) is 0 Å². The molecule has 0 aliphatic carbocycles. The molecular formula is C10H8F3NO3. The van der Waals surface area contributed by atoms with Gasteiger partial charge in [-0.1, -0.05) is 12.7 Å². The number of nitrogens with zero attached hydrogens (tertiary/aromatic N) is 1. The van der Waals surface area contributed by atoms with E-state index in [0.717, 1.165) is 6.07 Å². The van der Waals surface area contributed by atoms with Gasteiger partial charge in [-0.05, 0) is 6.07 Å². The lowest BCUT2D eigenvalue weighted by atomic mass is 10.2. The van der Waals surface area contributed by atoms with Crippen LogP contribution >= 0.6 is 0 Å². The van der Waals surface area contributed by atoms with E-state index in [9.17, 15) is 23.3 Å². The fraction of sp³-hybridized carbons (Fsp3) is 0.200. The summed E-state index contributed by atoms with van der Waals surface area (Å²) < 4.78 is 42.2. The predicted molar refractivity (Wildman–Crippen MR) is 53.8 cm³/mol. The monoisotopic (exact) mass is 247 g/mol. The maximum Gasteiger partial charge on any atom is 0.416 e.